The summed E-state index contributed by atoms with van der Waals surface area (Å²) in [7, 11) is 1.68. The Kier molecular flexibility index (Phi) is 5.18. The number of carbonyl (C=O) groups excluding carboxylic acids is 2. The lowest BCUT2D eigenvalue weighted by Crippen LogP contribution is -2.46. The Morgan fingerprint density at radius 1 is 1.20 bits per heavy atom. The fraction of sp³-hybridized carbons (Fsp3) is 0.174. The van der Waals surface area contributed by atoms with E-state index in [4.69, 9.17) is 23.1 Å². The summed E-state index contributed by atoms with van der Waals surface area (Å²) in [6.45, 7) is 0.422. The normalized spacial score (nSPS) is 15.1. The summed E-state index contributed by atoms with van der Waals surface area (Å²) in [5.41, 5.74) is 13.4. The minimum atomic E-state index is -0.862. The van der Waals surface area contributed by atoms with E-state index in [-0.39, 0.29) is 34.9 Å². The van der Waals surface area contributed by atoms with Gasteiger partial charge in [-0.25, -0.2) is 9.18 Å². The molecule has 0 fully saturated rings. The van der Waals surface area contributed by atoms with E-state index in [9.17, 15) is 19.2 Å². The number of fused-ring (bicyclic) bond motifs is 2. The number of nitrogens with zero attached hydrogens (tertiary/aromatic N) is 6. The van der Waals surface area contributed by atoms with Gasteiger partial charge in [0.05, 0.1) is 39.3 Å². The van der Waals surface area contributed by atoms with E-state index >= 15 is 0 Å². The van der Waals surface area contributed by atoms with E-state index in [1.165, 1.54) is 27.8 Å². The van der Waals surface area contributed by atoms with Crippen LogP contribution in [0.5, 0.6) is 0 Å². The van der Waals surface area contributed by atoms with Gasteiger partial charge in [-0.15, -0.1) is 0 Å². The standard InChI is InChI=1S/C23H18ClFN8O2/c1-31-10-14-16(25)7-13(8-17(14)29-31)19-18(22(27)34)21-20(11-2-3-12(9-26)15(24)6-11)32(23(28)35)4-5-33(21)30-19/h2-3,6-8,10,20H,4-5H2,1H3,(H2,27,34)(H2,28,35). The number of aryl methyl sites for hydroxylation is 1. The number of primary amides is 2. The summed E-state index contributed by atoms with van der Waals surface area (Å²) in [4.78, 5) is 26.5. The van der Waals surface area contributed by atoms with Crippen LogP contribution in [0, 0.1) is 17.1 Å². The van der Waals surface area contributed by atoms with E-state index < -0.39 is 23.8 Å². The molecule has 10 nitrogen and oxygen atoms in total. The van der Waals surface area contributed by atoms with Gasteiger partial charge in [-0.1, -0.05) is 17.7 Å². The molecule has 0 bridgehead atoms. The molecule has 0 radical (unpaired) electrons. The van der Waals surface area contributed by atoms with Crippen LogP contribution in [0.3, 0.4) is 0 Å². The SMILES string of the molecule is Cn1cc2c(F)cc(-c3nn4c(c3C(N)=O)C(c3ccc(C#N)c(Cl)c3)N(C(N)=O)CC4)cc2n1. The van der Waals surface area contributed by atoms with Gasteiger partial charge >= 0.3 is 6.03 Å². The van der Waals surface area contributed by atoms with Crippen molar-refractivity contribution in [1.82, 2.24) is 24.5 Å². The molecule has 1 unspecified atom stereocenters. The number of halogens is 2. The lowest BCUT2D eigenvalue weighted by molar-refractivity contribution is 0.0995. The van der Waals surface area contributed by atoms with Gasteiger partial charge in [0.25, 0.3) is 5.91 Å². The molecule has 4 aromatic rings. The third kappa shape index (κ3) is 3.55. The van der Waals surface area contributed by atoms with E-state index in [1.54, 1.807) is 30.1 Å². The molecule has 0 aliphatic carbocycles. The van der Waals surface area contributed by atoms with Crippen LogP contribution < -0.4 is 11.5 Å². The highest BCUT2D eigenvalue weighted by molar-refractivity contribution is 6.31. The van der Waals surface area contributed by atoms with Crippen molar-refractivity contribution in [1.29, 1.82) is 5.26 Å². The summed E-state index contributed by atoms with van der Waals surface area (Å²) >= 11 is 6.26. The van der Waals surface area contributed by atoms with Gasteiger partial charge in [0.15, 0.2) is 0 Å². The lowest BCUT2D eigenvalue weighted by Gasteiger charge is -2.35. The predicted molar refractivity (Wildman–Crippen MR) is 125 cm³/mol. The van der Waals surface area contributed by atoms with Gasteiger partial charge in [-0.3, -0.25) is 14.2 Å². The maximum Gasteiger partial charge on any atom is 0.315 e. The molecule has 3 heterocycles. The molecule has 12 heteroatoms. The van der Waals surface area contributed by atoms with E-state index in [0.29, 0.717) is 27.7 Å². The van der Waals surface area contributed by atoms with Crippen molar-refractivity contribution < 1.29 is 14.0 Å². The van der Waals surface area contributed by atoms with Gasteiger partial charge in [-0.05, 0) is 29.8 Å². The Balaban J connectivity index is 1.77. The molecule has 4 N–H and O–H groups in total. The van der Waals surface area contributed by atoms with Crippen LogP contribution in [-0.2, 0) is 13.6 Å². The maximum absolute atomic E-state index is 14.9. The molecular formula is C23H18ClFN8O2. The smallest absolute Gasteiger partial charge is 0.315 e. The summed E-state index contributed by atoms with van der Waals surface area (Å²) in [6.07, 6.45) is 1.55. The predicted octanol–water partition coefficient (Wildman–Crippen LogP) is 2.68. The van der Waals surface area contributed by atoms with Gasteiger partial charge in [0.2, 0.25) is 0 Å². The van der Waals surface area contributed by atoms with Crippen LogP contribution in [0.2, 0.25) is 5.02 Å². The summed E-state index contributed by atoms with van der Waals surface area (Å²) < 4.78 is 17.9. The van der Waals surface area contributed by atoms with Crippen molar-refractivity contribution in [3.8, 4) is 17.3 Å². The zero-order chi connectivity index (χ0) is 25.0. The summed E-state index contributed by atoms with van der Waals surface area (Å²) in [5.74, 6) is -1.33. The van der Waals surface area contributed by atoms with Crippen LogP contribution in [0.4, 0.5) is 9.18 Å². The first-order valence-electron chi connectivity index (χ1n) is 10.5. The molecule has 2 aromatic heterocycles. The number of benzene rings is 2. The highest BCUT2D eigenvalue weighted by atomic mass is 35.5. The molecular weight excluding hydrogens is 475 g/mol. The molecule has 0 saturated carbocycles. The molecule has 1 atom stereocenters. The van der Waals surface area contributed by atoms with Crippen molar-refractivity contribution >= 4 is 34.4 Å². The molecule has 176 valence electrons. The Bertz CT molecular complexity index is 1580. The Morgan fingerprint density at radius 3 is 2.63 bits per heavy atom. The summed E-state index contributed by atoms with van der Waals surface area (Å²) in [5, 5.41) is 18.6. The van der Waals surface area contributed by atoms with Crippen molar-refractivity contribution in [2.75, 3.05) is 6.54 Å². The van der Waals surface area contributed by atoms with Crippen molar-refractivity contribution in [2.24, 2.45) is 18.5 Å². The molecule has 0 spiro atoms. The van der Waals surface area contributed by atoms with Crippen LogP contribution in [-0.4, -0.2) is 42.9 Å². The highest BCUT2D eigenvalue weighted by Crippen LogP contribution is 2.39. The average molecular weight is 493 g/mol. The van der Waals surface area contributed by atoms with Crippen molar-refractivity contribution in [3.63, 3.8) is 0 Å². The van der Waals surface area contributed by atoms with Crippen LogP contribution >= 0.6 is 11.6 Å². The average Bonchev–Trinajstić information content (AvgIpc) is 3.38. The first kappa shape index (κ1) is 22.4. The number of amides is 3. The van der Waals surface area contributed by atoms with Crippen LogP contribution in [0.15, 0.2) is 36.5 Å². The van der Waals surface area contributed by atoms with Crippen LogP contribution in [0.1, 0.15) is 33.2 Å². The number of nitrogens with two attached hydrogens (primary N) is 2. The second kappa shape index (κ2) is 8.11. The minimum absolute atomic E-state index is 0.0242. The number of hydrogen-bond acceptors (Lipinski definition) is 5. The van der Waals surface area contributed by atoms with Crippen molar-refractivity contribution in [2.45, 2.75) is 12.6 Å². The zero-order valence-corrected chi connectivity index (χ0v) is 19.1. The quantitative estimate of drug-likeness (QED) is 0.451. The number of aromatic nitrogens is 4. The van der Waals surface area contributed by atoms with E-state index in [2.05, 4.69) is 10.2 Å². The fourth-order valence-corrected chi connectivity index (χ4v) is 4.78. The largest absolute Gasteiger partial charge is 0.365 e. The lowest BCUT2D eigenvalue weighted by atomic mass is 9.94. The van der Waals surface area contributed by atoms with E-state index in [0.717, 1.165) is 0 Å². The number of nitriles is 1. The number of rotatable bonds is 3. The monoisotopic (exact) mass is 492 g/mol. The fourth-order valence-electron chi connectivity index (χ4n) is 4.55. The van der Waals surface area contributed by atoms with E-state index in [1.807, 2.05) is 6.07 Å². The van der Waals surface area contributed by atoms with Gasteiger partial charge < -0.3 is 16.4 Å². The molecule has 1 aliphatic heterocycles. The minimum Gasteiger partial charge on any atom is -0.365 e. The third-order valence-electron chi connectivity index (χ3n) is 6.04. The molecule has 2 aromatic carbocycles. The second-order valence-corrected chi connectivity index (χ2v) is 8.58. The maximum atomic E-state index is 14.9. The van der Waals surface area contributed by atoms with Gasteiger partial charge in [0, 0.05) is 25.4 Å². The Labute approximate surface area is 203 Å². The number of hydrogen-bond donors (Lipinski definition) is 2. The number of carbonyl (C=O) groups is 2. The van der Waals surface area contributed by atoms with Gasteiger partial charge in [0.1, 0.15) is 23.6 Å². The number of urea groups is 1. The first-order valence-corrected chi connectivity index (χ1v) is 10.9. The Hall–Kier alpha value is -4.43. The molecule has 0 saturated heterocycles. The molecule has 5 rings (SSSR count). The first-order chi connectivity index (χ1) is 16.7. The third-order valence-corrected chi connectivity index (χ3v) is 6.35. The van der Waals surface area contributed by atoms with Gasteiger partial charge in [-0.2, -0.15) is 15.5 Å². The second-order valence-electron chi connectivity index (χ2n) is 8.18. The zero-order valence-electron chi connectivity index (χ0n) is 18.4. The topological polar surface area (TPSA) is 149 Å². The van der Waals surface area contributed by atoms with Crippen LogP contribution in [0.25, 0.3) is 22.2 Å². The molecule has 1 aliphatic rings. The Morgan fingerprint density at radius 2 is 1.97 bits per heavy atom. The summed E-state index contributed by atoms with van der Waals surface area (Å²) in [6, 6.07) is 7.96. The van der Waals surface area contributed by atoms with Crippen molar-refractivity contribution in [3.05, 3.63) is 69.8 Å². The highest BCUT2D eigenvalue weighted by Gasteiger charge is 2.38. The molecule has 3 amide bonds. The molecule has 35 heavy (non-hydrogen) atoms.